The highest BCUT2D eigenvalue weighted by molar-refractivity contribution is 5.92. The molecule has 0 radical (unpaired) electrons. The van der Waals surface area contributed by atoms with Gasteiger partial charge in [-0.3, -0.25) is 4.79 Å². The van der Waals surface area contributed by atoms with E-state index in [0.29, 0.717) is 5.78 Å². The van der Waals surface area contributed by atoms with Crippen molar-refractivity contribution in [1.29, 1.82) is 0 Å². The second-order valence-electron chi connectivity index (χ2n) is 4.84. The van der Waals surface area contributed by atoms with Crippen molar-refractivity contribution >= 4 is 16.7 Å². The predicted octanol–water partition coefficient (Wildman–Crippen LogP) is 2.80. The van der Waals surface area contributed by atoms with Crippen LogP contribution in [0.25, 0.3) is 10.9 Å². The lowest BCUT2D eigenvalue weighted by Gasteiger charge is -2.12. The molecule has 0 saturated heterocycles. The zero-order valence-corrected chi connectivity index (χ0v) is 9.66. The van der Waals surface area contributed by atoms with E-state index in [0.717, 1.165) is 12.8 Å². The van der Waals surface area contributed by atoms with Crippen LogP contribution in [0.15, 0.2) is 30.5 Å². The molecule has 16 heavy (non-hydrogen) atoms. The largest absolute Gasteiger partial charge is 0.351 e. The standard InChI is InChI=1S/C14H15NO/c1-10(16)14(6-7-14)12-4-3-11-5-8-15(2)13(11)9-12/h3-5,8-9H,6-7H2,1-2H3. The Balaban J connectivity index is 2.18. The number of hydrogen-bond donors (Lipinski definition) is 0. The molecule has 1 aromatic carbocycles. The number of carbonyl (C=O) groups is 1. The number of hydrogen-bond acceptors (Lipinski definition) is 1. The Morgan fingerprint density at radius 2 is 2.06 bits per heavy atom. The number of aryl methyl sites for hydroxylation is 1. The van der Waals surface area contributed by atoms with Gasteiger partial charge in [0.15, 0.2) is 0 Å². The molecule has 0 bridgehead atoms. The van der Waals surface area contributed by atoms with Gasteiger partial charge in [-0.2, -0.15) is 0 Å². The van der Waals surface area contributed by atoms with Crippen LogP contribution in [0.4, 0.5) is 0 Å². The Kier molecular flexibility index (Phi) is 1.79. The first-order valence-corrected chi connectivity index (χ1v) is 5.70. The van der Waals surface area contributed by atoms with Crippen molar-refractivity contribution in [1.82, 2.24) is 4.57 Å². The Bertz CT molecular complexity index is 575. The summed E-state index contributed by atoms with van der Waals surface area (Å²) in [6, 6.07) is 8.50. The van der Waals surface area contributed by atoms with Crippen molar-refractivity contribution in [3.05, 3.63) is 36.0 Å². The molecule has 2 nitrogen and oxygen atoms in total. The Labute approximate surface area is 94.9 Å². The number of rotatable bonds is 2. The number of fused-ring (bicyclic) bond motifs is 1. The van der Waals surface area contributed by atoms with Crippen molar-refractivity contribution in [3.63, 3.8) is 0 Å². The molecule has 0 amide bonds. The average Bonchev–Trinajstić information content (AvgIpc) is 3.01. The highest BCUT2D eigenvalue weighted by Gasteiger charge is 2.48. The molecule has 1 saturated carbocycles. The molecule has 2 aromatic rings. The van der Waals surface area contributed by atoms with E-state index in [1.54, 1.807) is 6.92 Å². The van der Waals surface area contributed by atoms with Crippen LogP contribution in [-0.4, -0.2) is 10.4 Å². The highest BCUT2D eigenvalue weighted by atomic mass is 16.1. The SMILES string of the molecule is CC(=O)C1(c2ccc3ccn(C)c3c2)CC1. The normalized spacial score (nSPS) is 17.6. The summed E-state index contributed by atoms with van der Waals surface area (Å²) in [5, 5.41) is 1.24. The van der Waals surface area contributed by atoms with Crippen LogP contribution in [0.1, 0.15) is 25.3 Å². The van der Waals surface area contributed by atoms with E-state index in [9.17, 15) is 4.79 Å². The van der Waals surface area contributed by atoms with E-state index in [1.807, 2.05) is 7.05 Å². The average molecular weight is 213 g/mol. The third kappa shape index (κ3) is 1.16. The molecule has 1 heterocycles. The van der Waals surface area contributed by atoms with Gasteiger partial charge in [-0.15, -0.1) is 0 Å². The van der Waals surface area contributed by atoms with Crippen LogP contribution >= 0.6 is 0 Å². The summed E-state index contributed by atoms with van der Waals surface area (Å²) in [5.41, 5.74) is 2.25. The molecule has 3 rings (SSSR count). The third-order valence-corrected chi connectivity index (χ3v) is 3.86. The molecule has 0 N–H and O–H groups in total. The summed E-state index contributed by atoms with van der Waals surface area (Å²) in [7, 11) is 2.04. The second-order valence-corrected chi connectivity index (χ2v) is 4.84. The molecular weight excluding hydrogens is 198 g/mol. The molecular formula is C14H15NO. The van der Waals surface area contributed by atoms with Gasteiger partial charge < -0.3 is 4.57 Å². The van der Waals surface area contributed by atoms with Gasteiger partial charge in [0.2, 0.25) is 0 Å². The van der Waals surface area contributed by atoms with Crippen LogP contribution < -0.4 is 0 Å². The maximum absolute atomic E-state index is 11.7. The number of ketones is 1. The topological polar surface area (TPSA) is 22.0 Å². The number of nitrogens with zero attached hydrogens (tertiary/aromatic N) is 1. The smallest absolute Gasteiger partial charge is 0.140 e. The number of carbonyl (C=O) groups excluding carboxylic acids is 1. The van der Waals surface area contributed by atoms with E-state index in [4.69, 9.17) is 0 Å². The van der Waals surface area contributed by atoms with Gasteiger partial charge in [-0.05, 0) is 42.8 Å². The number of aromatic nitrogens is 1. The summed E-state index contributed by atoms with van der Waals surface area (Å²) in [6.07, 6.45) is 4.08. The van der Waals surface area contributed by atoms with Crippen molar-refractivity contribution < 1.29 is 4.79 Å². The molecule has 1 fully saturated rings. The lowest BCUT2D eigenvalue weighted by molar-refractivity contribution is -0.119. The summed E-state index contributed by atoms with van der Waals surface area (Å²) in [6.45, 7) is 1.71. The van der Waals surface area contributed by atoms with E-state index < -0.39 is 0 Å². The second kappa shape index (κ2) is 2.97. The van der Waals surface area contributed by atoms with Gasteiger partial charge in [-0.25, -0.2) is 0 Å². The van der Waals surface area contributed by atoms with E-state index in [-0.39, 0.29) is 5.41 Å². The predicted molar refractivity (Wildman–Crippen MR) is 64.5 cm³/mol. The van der Waals surface area contributed by atoms with Crippen molar-refractivity contribution in [2.45, 2.75) is 25.2 Å². The third-order valence-electron chi connectivity index (χ3n) is 3.86. The summed E-state index contributed by atoms with van der Waals surface area (Å²) < 4.78 is 2.11. The quantitative estimate of drug-likeness (QED) is 0.751. The monoisotopic (exact) mass is 213 g/mol. The molecule has 0 atom stereocenters. The molecule has 82 valence electrons. The van der Waals surface area contributed by atoms with Crippen LogP contribution in [-0.2, 0) is 17.3 Å². The zero-order chi connectivity index (χ0) is 11.3. The zero-order valence-electron chi connectivity index (χ0n) is 9.66. The molecule has 1 aliphatic rings. The molecule has 0 spiro atoms. The minimum absolute atomic E-state index is 0.154. The van der Waals surface area contributed by atoms with Gasteiger partial charge in [-0.1, -0.05) is 12.1 Å². The van der Waals surface area contributed by atoms with Gasteiger partial charge in [0.25, 0.3) is 0 Å². The molecule has 1 aromatic heterocycles. The fraction of sp³-hybridized carbons (Fsp3) is 0.357. The van der Waals surface area contributed by atoms with Crippen LogP contribution in [0.5, 0.6) is 0 Å². The van der Waals surface area contributed by atoms with Crippen molar-refractivity contribution in [3.8, 4) is 0 Å². The summed E-state index contributed by atoms with van der Waals surface area (Å²) in [4.78, 5) is 11.7. The van der Waals surface area contributed by atoms with Crippen molar-refractivity contribution in [2.75, 3.05) is 0 Å². The number of Topliss-reactive ketones (excluding diaryl/α,β-unsaturated/α-hetero) is 1. The lowest BCUT2D eigenvalue weighted by Crippen LogP contribution is -2.16. The van der Waals surface area contributed by atoms with E-state index in [1.165, 1.54) is 16.5 Å². The Hall–Kier alpha value is -1.57. The maximum Gasteiger partial charge on any atom is 0.140 e. The van der Waals surface area contributed by atoms with Gasteiger partial charge in [0.1, 0.15) is 5.78 Å². The number of benzene rings is 1. The van der Waals surface area contributed by atoms with Gasteiger partial charge in [0.05, 0.1) is 5.41 Å². The summed E-state index contributed by atoms with van der Waals surface area (Å²) in [5.74, 6) is 0.307. The van der Waals surface area contributed by atoms with Gasteiger partial charge in [0, 0.05) is 18.8 Å². The van der Waals surface area contributed by atoms with E-state index in [2.05, 4.69) is 35.0 Å². The first-order chi connectivity index (χ1) is 7.63. The van der Waals surface area contributed by atoms with Crippen LogP contribution in [0.2, 0.25) is 0 Å². The Morgan fingerprint density at radius 3 is 2.69 bits per heavy atom. The minimum atomic E-state index is -0.154. The lowest BCUT2D eigenvalue weighted by atomic mass is 9.91. The maximum atomic E-state index is 11.7. The first kappa shape index (κ1) is 9.64. The fourth-order valence-corrected chi connectivity index (χ4v) is 2.53. The van der Waals surface area contributed by atoms with Crippen LogP contribution in [0, 0.1) is 0 Å². The first-order valence-electron chi connectivity index (χ1n) is 5.70. The molecule has 0 aliphatic heterocycles. The fourth-order valence-electron chi connectivity index (χ4n) is 2.53. The molecule has 2 heteroatoms. The minimum Gasteiger partial charge on any atom is -0.351 e. The summed E-state index contributed by atoms with van der Waals surface area (Å²) >= 11 is 0. The Morgan fingerprint density at radius 1 is 1.31 bits per heavy atom. The van der Waals surface area contributed by atoms with E-state index >= 15 is 0 Å². The molecule has 0 unspecified atom stereocenters. The highest BCUT2D eigenvalue weighted by Crippen LogP contribution is 2.49. The molecule has 1 aliphatic carbocycles. The van der Waals surface area contributed by atoms with Gasteiger partial charge >= 0.3 is 0 Å². The van der Waals surface area contributed by atoms with Crippen LogP contribution in [0.3, 0.4) is 0 Å². The van der Waals surface area contributed by atoms with Crippen molar-refractivity contribution in [2.24, 2.45) is 7.05 Å².